The van der Waals surface area contributed by atoms with E-state index in [2.05, 4.69) is 20.3 Å². The number of hydrogen-bond donors (Lipinski definition) is 3. The van der Waals surface area contributed by atoms with Gasteiger partial charge in [-0.15, -0.1) is 0 Å². The Balaban J connectivity index is 1.18. The summed E-state index contributed by atoms with van der Waals surface area (Å²) in [6, 6.07) is 7.59. The summed E-state index contributed by atoms with van der Waals surface area (Å²) in [5.74, 6) is -3.44. The van der Waals surface area contributed by atoms with Gasteiger partial charge in [-0.1, -0.05) is 24.3 Å². The molecule has 0 aromatic heterocycles. The third-order valence-corrected chi connectivity index (χ3v) is 11.9. The summed E-state index contributed by atoms with van der Waals surface area (Å²) in [5.41, 5.74) is 0.157. The number of amides is 4. The zero-order valence-corrected chi connectivity index (χ0v) is 27.2. The number of fused-ring (bicyclic) bond motifs is 2. The van der Waals surface area contributed by atoms with Crippen molar-refractivity contribution in [3.63, 3.8) is 0 Å². The molecule has 12 nitrogen and oxygen atoms in total. The molecule has 2 aliphatic heterocycles. The van der Waals surface area contributed by atoms with Crippen molar-refractivity contribution in [3.8, 4) is 0 Å². The van der Waals surface area contributed by atoms with E-state index in [-0.39, 0.29) is 31.1 Å². The topological polar surface area (TPSA) is 154 Å². The number of rotatable bonds is 6. The van der Waals surface area contributed by atoms with Crippen molar-refractivity contribution in [2.75, 3.05) is 36.9 Å². The maximum Gasteiger partial charge on any atom is 0.411 e. The highest BCUT2D eigenvalue weighted by Crippen LogP contribution is 2.47. The average Bonchev–Trinajstić information content (AvgIpc) is 3.96. The number of allylic oxidation sites excluding steroid dienone is 1. The van der Waals surface area contributed by atoms with E-state index in [9.17, 15) is 27.6 Å². The Morgan fingerprint density at radius 1 is 0.978 bits per heavy atom. The van der Waals surface area contributed by atoms with Gasteiger partial charge in [0.05, 0.1) is 28.5 Å². The van der Waals surface area contributed by atoms with Gasteiger partial charge in [0.15, 0.2) is 0 Å². The molecule has 3 aliphatic carbocycles. The standard InChI is InChI=1S/C33H45N5O7S/c1-37-16-8-3-2-5-11-22-21-33(22,31(41)36-46(43,44)24-14-15-24)35-29(39)25-19-23(20-26(25)30(37)40)45-32(42)34-27-12-6-7-13-28(27)38-17-9-4-10-18-38/h5-7,11-13,22-26H,2-4,8-10,14-21H2,1H3,(H,34,42)(H,35,39)(H,36,41)/b11-5+/t22-,23-,25-,26-,33-/m1/s1. The maximum absolute atomic E-state index is 13.9. The van der Waals surface area contributed by atoms with Crippen molar-refractivity contribution in [2.45, 2.75) is 87.5 Å². The van der Waals surface area contributed by atoms with Crippen molar-refractivity contribution in [2.24, 2.45) is 17.8 Å². The molecule has 0 bridgehead atoms. The second kappa shape index (κ2) is 13.2. The van der Waals surface area contributed by atoms with Crippen LogP contribution in [-0.4, -0.2) is 80.7 Å². The van der Waals surface area contributed by atoms with E-state index in [1.54, 1.807) is 11.9 Å². The first-order chi connectivity index (χ1) is 22.1. The minimum atomic E-state index is -3.82. The van der Waals surface area contributed by atoms with Crippen LogP contribution in [0.1, 0.15) is 70.6 Å². The van der Waals surface area contributed by atoms with Gasteiger partial charge in [-0.3, -0.25) is 24.4 Å². The molecular weight excluding hydrogens is 610 g/mol. The van der Waals surface area contributed by atoms with Gasteiger partial charge in [-0.05, 0) is 82.8 Å². The minimum absolute atomic E-state index is 0.107. The van der Waals surface area contributed by atoms with Crippen molar-refractivity contribution >= 4 is 45.2 Å². The zero-order valence-electron chi connectivity index (χ0n) is 26.4. The molecule has 0 radical (unpaired) electrons. The van der Waals surface area contributed by atoms with Crippen LogP contribution in [-0.2, 0) is 29.1 Å². The molecular formula is C33H45N5O7S. The van der Waals surface area contributed by atoms with Gasteiger partial charge in [0, 0.05) is 32.6 Å². The lowest BCUT2D eigenvalue weighted by Gasteiger charge is -2.30. The van der Waals surface area contributed by atoms with Crippen molar-refractivity contribution in [3.05, 3.63) is 36.4 Å². The van der Waals surface area contributed by atoms with E-state index in [1.165, 1.54) is 6.42 Å². The Morgan fingerprint density at radius 3 is 2.46 bits per heavy atom. The van der Waals surface area contributed by atoms with Crippen LogP contribution < -0.4 is 20.3 Å². The first-order valence-corrected chi connectivity index (χ1v) is 18.2. The summed E-state index contributed by atoms with van der Waals surface area (Å²) in [5, 5.41) is 5.16. The Morgan fingerprint density at radius 2 is 1.70 bits per heavy atom. The molecule has 1 aromatic rings. The van der Waals surface area contributed by atoms with E-state index < -0.39 is 56.7 Å². The van der Waals surface area contributed by atoms with Gasteiger partial charge in [-0.25, -0.2) is 13.2 Å². The number of nitrogens with zero attached hydrogens (tertiary/aromatic N) is 2. The number of nitrogens with one attached hydrogen (secondary N) is 3. The molecule has 3 saturated carbocycles. The fourth-order valence-corrected chi connectivity index (χ4v) is 8.54. The largest absolute Gasteiger partial charge is 0.446 e. The van der Waals surface area contributed by atoms with Gasteiger partial charge in [0.25, 0.3) is 5.91 Å². The lowest BCUT2D eigenvalue weighted by molar-refractivity contribution is -0.140. The molecule has 4 fully saturated rings. The smallest absolute Gasteiger partial charge is 0.411 e. The van der Waals surface area contributed by atoms with Gasteiger partial charge in [0.1, 0.15) is 11.6 Å². The van der Waals surface area contributed by atoms with Gasteiger partial charge in [0.2, 0.25) is 21.8 Å². The predicted octanol–water partition coefficient (Wildman–Crippen LogP) is 3.30. The highest BCUT2D eigenvalue weighted by atomic mass is 32.2. The number of hydrogen-bond acceptors (Lipinski definition) is 8. The van der Waals surface area contributed by atoms with E-state index in [0.717, 1.165) is 50.9 Å². The number of para-hydroxylation sites is 2. The van der Waals surface area contributed by atoms with E-state index in [4.69, 9.17) is 4.74 Å². The summed E-state index contributed by atoms with van der Waals surface area (Å²) in [6.45, 7) is 2.35. The Labute approximate surface area is 270 Å². The van der Waals surface area contributed by atoms with Crippen molar-refractivity contribution < 1.29 is 32.3 Å². The molecule has 5 atom stereocenters. The van der Waals surface area contributed by atoms with Crippen molar-refractivity contribution in [1.82, 2.24) is 14.9 Å². The Bertz CT molecular complexity index is 1490. The van der Waals surface area contributed by atoms with Gasteiger partial charge >= 0.3 is 6.09 Å². The molecule has 5 aliphatic rings. The molecule has 4 amide bonds. The molecule has 1 saturated heterocycles. The van der Waals surface area contributed by atoms with E-state index in [0.29, 0.717) is 25.1 Å². The molecule has 0 spiro atoms. The van der Waals surface area contributed by atoms with Crippen LogP contribution >= 0.6 is 0 Å². The second-order valence-corrected chi connectivity index (χ2v) is 15.5. The van der Waals surface area contributed by atoms with Crippen LogP contribution in [0.25, 0.3) is 0 Å². The number of anilines is 2. The minimum Gasteiger partial charge on any atom is -0.446 e. The first kappa shape index (κ1) is 32.3. The Hall–Kier alpha value is -3.61. The lowest BCUT2D eigenvalue weighted by Crippen LogP contribution is -2.54. The van der Waals surface area contributed by atoms with E-state index >= 15 is 0 Å². The van der Waals surface area contributed by atoms with Crippen LogP contribution in [0, 0.1) is 17.8 Å². The summed E-state index contributed by atoms with van der Waals surface area (Å²) < 4.78 is 33.3. The molecule has 2 heterocycles. The zero-order chi connectivity index (χ0) is 32.5. The predicted molar refractivity (Wildman–Crippen MR) is 172 cm³/mol. The number of sulfonamides is 1. The average molecular weight is 656 g/mol. The fraction of sp³-hybridized carbons (Fsp3) is 0.636. The summed E-state index contributed by atoms with van der Waals surface area (Å²) in [4.78, 5) is 58.1. The Kier molecular flexibility index (Phi) is 9.31. The van der Waals surface area contributed by atoms with Gasteiger partial charge in [-0.2, -0.15) is 0 Å². The monoisotopic (exact) mass is 655 g/mol. The molecule has 46 heavy (non-hydrogen) atoms. The second-order valence-electron chi connectivity index (χ2n) is 13.5. The lowest BCUT2D eigenvalue weighted by atomic mass is 9.93. The molecule has 6 rings (SSSR count). The highest BCUT2D eigenvalue weighted by Gasteiger charge is 2.62. The van der Waals surface area contributed by atoms with Crippen LogP contribution in [0.15, 0.2) is 36.4 Å². The number of piperidine rings is 1. The van der Waals surface area contributed by atoms with Crippen LogP contribution in [0.2, 0.25) is 0 Å². The quantitative estimate of drug-likeness (QED) is 0.395. The normalized spacial score (nSPS) is 31.1. The SMILES string of the molecule is CN1CCCC/C=C/[C@@H]2C[C@@]2(C(=O)NS(=O)(=O)C2CC2)NC(=O)[C@@H]2C[C@@H](OC(=O)Nc3ccccc3N3CCCCC3)C[C@H]2C1=O. The molecule has 250 valence electrons. The highest BCUT2D eigenvalue weighted by molar-refractivity contribution is 7.91. The first-order valence-electron chi connectivity index (χ1n) is 16.7. The third kappa shape index (κ3) is 7.03. The molecule has 13 heteroatoms. The molecule has 3 N–H and O–H groups in total. The summed E-state index contributed by atoms with van der Waals surface area (Å²) in [6.07, 6.45) is 9.73. The van der Waals surface area contributed by atoms with Crippen LogP contribution in [0.5, 0.6) is 0 Å². The van der Waals surface area contributed by atoms with Crippen LogP contribution in [0.4, 0.5) is 16.2 Å². The number of ether oxygens (including phenoxy) is 1. The maximum atomic E-state index is 13.9. The summed E-state index contributed by atoms with van der Waals surface area (Å²) >= 11 is 0. The van der Waals surface area contributed by atoms with E-state index in [1.807, 2.05) is 36.4 Å². The number of carbonyl (C=O) groups is 4. The van der Waals surface area contributed by atoms with Crippen molar-refractivity contribution in [1.29, 1.82) is 0 Å². The molecule has 0 unspecified atom stereocenters. The number of carbonyl (C=O) groups excluding carboxylic acids is 4. The summed E-state index contributed by atoms with van der Waals surface area (Å²) in [7, 11) is -2.11. The van der Waals surface area contributed by atoms with Crippen LogP contribution in [0.3, 0.4) is 0 Å². The fourth-order valence-electron chi connectivity index (χ4n) is 7.17. The van der Waals surface area contributed by atoms with Gasteiger partial charge < -0.3 is 19.9 Å². The molecule has 1 aromatic carbocycles. The third-order valence-electron chi connectivity index (χ3n) is 10.1. The number of benzene rings is 1.